The number of imidazole rings is 1. The lowest BCUT2D eigenvalue weighted by Crippen LogP contribution is -2.23. The van der Waals surface area contributed by atoms with Crippen molar-refractivity contribution in [1.29, 1.82) is 5.26 Å². The predicted molar refractivity (Wildman–Crippen MR) is 110 cm³/mol. The van der Waals surface area contributed by atoms with Gasteiger partial charge in [-0.25, -0.2) is 9.79 Å². The molecule has 11 nitrogen and oxygen atoms in total. The highest BCUT2D eigenvalue weighted by molar-refractivity contribution is 9.10. The van der Waals surface area contributed by atoms with Crippen molar-refractivity contribution >= 4 is 27.7 Å². The van der Waals surface area contributed by atoms with Gasteiger partial charge in [0.05, 0.1) is 17.8 Å². The average Bonchev–Trinajstić information content (AvgIpc) is 3.38. The lowest BCUT2D eigenvalue weighted by Gasteiger charge is -2.06. The summed E-state index contributed by atoms with van der Waals surface area (Å²) in [6, 6.07) is 7.24. The van der Waals surface area contributed by atoms with Crippen molar-refractivity contribution in [3.63, 3.8) is 0 Å². The summed E-state index contributed by atoms with van der Waals surface area (Å²) >= 11 is 3.33. The van der Waals surface area contributed by atoms with E-state index in [4.69, 9.17) is 4.74 Å². The highest BCUT2D eigenvalue weighted by atomic mass is 79.9. The topological polar surface area (TPSA) is 157 Å². The Bertz CT molecular complexity index is 1540. The van der Waals surface area contributed by atoms with E-state index < -0.39 is 5.69 Å². The van der Waals surface area contributed by atoms with E-state index in [-0.39, 0.29) is 23.6 Å². The molecule has 0 amide bonds. The zero-order valence-corrected chi connectivity index (χ0v) is 17.3. The minimum atomic E-state index is -0.539. The smallest absolute Gasteiger partial charge is 0.327 e. The van der Waals surface area contributed by atoms with Crippen LogP contribution in [0.2, 0.25) is 0 Å². The number of halogens is 1. The molecule has 1 aromatic carbocycles. The minimum absolute atomic E-state index is 0.00680. The first-order valence-electron chi connectivity index (χ1n) is 9.20. The maximum absolute atomic E-state index is 11.4. The van der Waals surface area contributed by atoms with E-state index in [2.05, 4.69) is 52.0 Å². The molecule has 4 aromatic rings. The molecule has 0 radical (unpaired) electrons. The quantitative estimate of drug-likeness (QED) is 0.391. The van der Waals surface area contributed by atoms with Gasteiger partial charge in [-0.05, 0) is 37.1 Å². The number of benzene rings is 1. The number of hydrogen-bond donors (Lipinski definition) is 3. The fraction of sp³-hybridized carbons (Fsp3) is 0.158. The first kappa shape index (κ1) is 19.0. The Morgan fingerprint density at radius 3 is 2.90 bits per heavy atom. The Balaban J connectivity index is 1.69. The van der Waals surface area contributed by atoms with E-state index in [1.165, 1.54) is 16.8 Å². The normalized spacial score (nSPS) is 14.8. The average molecular weight is 481 g/mol. The fourth-order valence-corrected chi connectivity index (χ4v) is 3.24. The van der Waals surface area contributed by atoms with Gasteiger partial charge < -0.3 is 14.8 Å². The standard InChI is InChI=1S/C19H13BrN8O3/c20-11-1-4-14(9(5-11)7-21)31-19-25-15-10(6-13-16(29)26-18(30)24-13)8-22-28(15)17(27-19)23-12-2-3-12/h1,4-6,8,12,29H,2-3H2,(H2,24,26,30). The number of rotatable bonds is 4. The number of nitrogens with one attached hydrogen (secondary N) is 2. The maximum atomic E-state index is 11.4. The summed E-state index contributed by atoms with van der Waals surface area (Å²) in [5.41, 5.74) is 0.628. The van der Waals surface area contributed by atoms with Gasteiger partial charge in [-0.3, -0.25) is 4.98 Å². The molecule has 12 heteroatoms. The molecule has 0 spiro atoms. The highest BCUT2D eigenvalue weighted by Crippen LogP contribution is 2.26. The summed E-state index contributed by atoms with van der Waals surface area (Å²) in [4.78, 5) is 29.5. The molecule has 1 aliphatic rings. The summed E-state index contributed by atoms with van der Waals surface area (Å²) < 4.78 is 8.02. The molecule has 0 aliphatic heterocycles. The van der Waals surface area contributed by atoms with Crippen LogP contribution in [0.25, 0.3) is 11.7 Å². The van der Waals surface area contributed by atoms with Gasteiger partial charge in [0, 0.05) is 9.69 Å². The number of H-pyrrole nitrogens is 2. The van der Waals surface area contributed by atoms with Crippen LogP contribution in [-0.2, 0) is 0 Å². The van der Waals surface area contributed by atoms with Crippen LogP contribution in [0.5, 0.6) is 17.6 Å². The summed E-state index contributed by atoms with van der Waals surface area (Å²) in [7, 11) is 0. The molecule has 154 valence electrons. The Morgan fingerprint density at radius 2 is 2.19 bits per heavy atom. The van der Waals surface area contributed by atoms with Crippen LogP contribution >= 0.6 is 15.9 Å². The van der Waals surface area contributed by atoms with Crippen LogP contribution in [0.1, 0.15) is 24.1 Å². The third-order valence-electron chi connectivity index (χ3n) is 4.50. The van der Waals surface area contributed by atoms with Gasteiger partial charge >= 0.3 is 11.7 Å². The molecule has 0 unspecified atom stereocenters. The molecular weight excluding hydrogens is 468 g/mol. The summed E-state index contributed by atoms with van der Waals surface area (Å²) in [6.07, 6.45) is 4.97. The third-order valence-corrected chi connectivity index (χ3v) is 4.99. The molecule has 3 aromatic heterocycles. The lowest BCUT2D eigenvalue weighted by atomic mass is 10.2. The Hall–Kier alpha value is -3.98. The number of nitriles is 1. The fourth-order valence-electron chi connectivity index (χ4n) is 2.88. The Kier molecular flexibility index (Phi) is 4.52. The lowest BCUT2D eigenvalue weighted by molar-refractivity contribution is 0.434. The van der Waals surface area contributed by atoms with Gasteiger partial charge in [0.1, 0.15) is 17.5 Å². The second-order valence-electron chi connectivity index (χ2n) is 6.84. The van der Waals surface area contributed by atoms with Crippen molar-refractivity contribution in [3.05, 3.63) is 61.4 Å². The molecule has 1 fully saturated rings. The summed E-state index contributed by atoms with van der Waals surface area (Å²) in [6.45, 7) is 0. The minimum Gasteiger partial charge on any atom is -0.493 e. The van der Waals surface area contributed by atoms with E-state index in [9.17, 15) is 15.2 Å². The van der Waals surface area contributed by atoms with Gasteiger partial charge in [-0.15, -0.1) is 0 Å². The van der Waals surface area contributed by atoms with Crippen LogP contribution in [0.3, 0.4) is 0 Å². The number of hydrogen-bond acceptors (Lipinski definition) is 8. The maximum Gasteiger partial charge on any atom is 0.327 e. The highest BCUT2D eigenvalue weighted by Gasteiger charge is 2.21. The van der Waals surface area contributed by atoms with Crippen LogP contribution in [0.15, 0.2) is 38.7 Å². The van der Waals surface area contributed by atoms with E-state index in [0.29, 0.717) is 27.8 Å². The van der Waals surface area contributed by atoms with E-state index in [0.717, 1.165) is 17.3 Å². The van der Waals surface area contributed by atoms with Crippen molar-refractivity contribution in [2.45, 2.75) is 18.9 Å². The zero-order chi connectivity index (χ0) is 21.5. The van der Waals surface area contributed by atoms with Crippen molar-refractivity contribution in [2.24, 2.45) is 4.99 Å². The van der Waals surface area contributed by atoms with Gasteiger partial charge in [0.25, 0.3) is 5.62 Å². The van der Waals surface area contributed by atoms with E-state index in [1.54, 1.807) is 18.2 Å². The van der Waals surface area contributed by atoms with Gasteiger partial charge in [-0.1, -0.05) is 15.9 Å². The third kappa shape index (κ3) is 3.78. The molecule has 31 heavy (non-hydrogen) atoms. The Labute approximate surface area is 181 Å². The molecule has 0 saturated heterocycles. The number of nitrogens with zero attached hydrogens (tertiary/aromatic N) is 6. The zero-order valence-electron chi connectivity index (χ0n) is 15.7. The molecule has 3 heterocycles. The van der Waals surface area contributed by atoms with Crippen LogP contribution < -0.4 is 21.3 Å². The van der Waals surface area contributed by atoms with Gasteiger partial charge in [0.15, 0.2) is 5.65 Å². The first-order chi connectivity index (χ1) is 15.0. The predicted octanol–water partition coefficient (Wildman–Crippen LogP) is 0.884. The second kappa shape index (κ2) is 7.37. The molecule has 5 rings (SSSR count). The SMILES string of the molecule is N#Cc1cc(Br)ccc1Oc1nc(=NC2CC2)n2ncc(=Cc3[nH]c(=O)[nH]c3O)c2n1. The number of fused-ring (bicyclic) bond motifs is 1. The largest absolute Gasteiger partial charge is 0.493 e. The van der Waals surface area contributed by atoms with Crippen LogP contribution in [-0.4, -0.2) is 40.7 Å². The van der Waals surface area contributed by atoms with Crippen LogP contribution in [0.4, 0.5) is 0 Å². The van der Waals surface area contributed by atoms with E-state index in [1.807, 2.05) is 0 Å². The molecular formula is C19H13BrN8O3. The van der Waals surface area contributed by atoms with Crippen molar-refractivity contribution in [3.8, 4) is 23.7 Å². The summed E-state index contributed by atoms with van der Waals surface area (Å²) in [5, 5.41) is 24.0. The molecule has 1 saturated carbocycles. The number of aromatic nitrogens is 6. The molecule has 0 atom stereocenters. The molecule has 3 N–H and O–H groups in total. The van der Waals surface area contributed by atoms with Crippen molar-refractivity contribution in [1.82, 2.24) is 29.5 Å². The second-order valence-corrected chi connectivity index (χ2v) is 7.76. The van der Waals surface area contributed by atoms with Gasteiger partial charge in [0.2, 0.25) is 5.88 Å². The monoisotopic (exact) mass is 480 g/mol. The summed E-state index contributed by atoms with van der Waals surface area (Å²) in [5.74, 6) is -0.00336. The van der Waals surface area contributed by atoms with E-state index >= 15 is 0 Å². The van der Waals surface area contributed by atoms with Crippen molar-refractivity contribution in [2.75, 3.05) is 0 Å². The van der Waals surface area contributed by atoms with Gasteiger partial charge in [-0.2, -0.15) is 24.8 Å². The first-order valence-corrected chi connectivity index (χ1v) is 9.99. The van der Waals surface area contributed by atoms with Crippen LogP contribution in [0, 0.1) is 11.3 Å². The molecule has 1 aliphatic carbocycles. The molecule has 0 bridgehead atoms. The number of aromatic amines is 2. The van der Waals surface area contributed by atoms with Crippen molar-refractivity contribution < 1.29 is 9.84 Å². The number of ether oxygens (including phenoxy) is 1. The number of aromatic hydroxyl groups is 1. The Morgan fingerprint density at radius 1 is 1.35 bits per heavy atom.